The molecule has 0 aliphatic heterocycles. The largest absolute Gasteiger partial charge is 0.396 e. The van der Waals surface area contributed by atoms with Crippen molar-refractivity contribution in [2.45, 2.75) is 17.9 Å². The van der Waals surface area contributed by atoms with E-state index in [1.807, 2.05) is 0 Å². The van der Waals surface area contributed by atoms with Crippen LogP contribution in [0.15, 0.2) is 41.6 Å². The first kappa shape index (κ1) is 15.7. The van der Waals surface area contributed by atoms with E-state index in [0.29, 0.717) is 6.42 Å². The zero-order valence-corrected chi connectivity index (χ0v) is 12.9. The van der Waals surface area contributed by atoms with Gasteiger partial charge in [0.1, 0.15) is 0 Å². The molecule has 2 aromatic rings. The van der Waals surface area contributed by atoms with E-state index in [9.17, 15) is 8.42 Å². The van der Waals surface area contributed by atoms with Crippen LogP contribution in [0.25, 0.3) is 0 Å². The number of aromatic nitrogens is 2. The van der Waals surface area contributed by atoms with Crippen molar-refractivity contribution in [2.24, 2.45) is 7.05 Å². The van der Waals surface area contributed by atoms with Crippen molar-refractivity contribution in [1.29, 1.82) is 0 Å². The molecule has 0 fully saturated rings. The standard InChI is InChI=1S/C14H19N3O3S/c1-16-10-13(9-15-16)11-17(2)21(19,20)14-5-3-12(4-6-14)7-8-18/h3-6,9-10,18H,7-8,11H2,1-2H3. The molecule has 0 radical (unpaired) electrons. The van der Waals surface area contributed by atoms with Crippen molar-refractivity contribution < 1.29 is 13.5 Å². The molecule has 0 amide bonds. The quantitative estimate of drug-likeness (QED) is 0.855. The van der Waals surface area contributed by atoms with Gasteiger partial charge in [0.25, 0.3) is 0 Å². The van der Waals surface area contributed by atoms with Gasteiger partial charge in [0.2, 0.25) is 10.0 Å². The van der Waals surface area contributed by atoms with Gasteiger partial charge in [0, 0.05) is 39.0 Å². The van der Waals surface area contributed by atoms with Crippen LogP contribution in [0.5, 0.6) is 0 Å². The fraction of sp³-hybridized carbons (Fsp3) is 0.357. The summed E-state index contributed by atoms with van der Waals surface area (Å²) in [5.74, 6) is 0. The summed E-state index contributed by atoms with van der Waals surface area (Å²) in [6, 6.07) is 6.59. The molecule has 0 unspecified atom stereocenters. The first-order valence-corrected chi connectivity index (χ1v) is 8.01. The highest BCUT2D eigenvalue weighted by atomic mass is 32.2. The second-order valence-electron chi connectivity index (χ2n) is 4.90. The van der Waals surface area contributed by atoms with Crippen molar-refractivity contribution in [3.8, 4) is 0 Å². The summed E-state index contributed by atoms with van der Waals surface area (Å²) in [4.78, 5) is 0.246. The maximum Gasteiger partial charge on any atom is 0.243 e. The Morgan fingerprint density at radius 2 is 1.90 bits per heavy atom. The molecule has 1 aromatic heterocycles. The third kappa shape index (κ3) is 3.69. The lowest BCUT2D eigenvalue weighted by Gasteiger charge is -2.16. The smallest absolute Gasteiger partial charge is 0.243 e. The Bertz CT molecular complexity index is 693. The van der Waals surface area contributed by atoms with E-state index in [2.05, 4.69) is 5.10 Å². The number of aliphatic hydroxyl groups is 1. The lowest BCUT2D eigenvalue weighted by Crippen LogP contribution is -2.26. The van der Waals surface area contributed by atoms with Crippen LogP contribution in [0.2, 0.25) is 0 Å². The van der Waals surface area contributed by atoms with Gasteiger partial charge in [-0.25, -0.2) is 8.42 Å². The number of hydrogen-bond acceptors (Lipinski definition) is 4. The van der Waals surface area contributed by atoms with Crippen molar-refractivity contribution in [3.63, 3.8) is 0 Å². The molecule has 2 rings (SSSR count). The van der Waals surface area contributed by atoms with Gasteiger partial charge >= 0.3 is 0 Å². The molecule has 1 N–H and O–H groups in total. The molecule has 0 saturated carbocycles. The van der Waals surface area contributed by atoms with Gasteiger partial charge in [0.05, 0.1) is 11.1 Å². The van der Waals surface area contributed by atoms with Crippen molar-refractivity contribution in [3.05, 3.63) is 47.8 Å². The summed E-state index contributed by atoms with van der Waals surface area (Å²) in [6.45, 7) is 0.321. The van der Waals surface area contributed by atoms with E-state index in [1.165, 1.54) is 4.31 Å². The van der Waals surface area contributed by atoms with Crippen molar-refractivity contribution in [2.75, 3.05) is 13.7 Å². The molecule has 0 saturated heterocycles. The second-order valence-corrected chi connectivity index (χ2v) is 6.95. The Hall–Kier alpha value is -1.70. The minimum atomic E-state index is -3.53. The molecule has 7 heteroatoms. The zero-order valence-electron chi connectivity index (χ0n) is 12.1. The Balaban J connectivity index is 2.16. The molecule has 21 heavy (non-hydrogen) atoms. The van der Waals surface area contributed by atoms with Gasteiger partial charge in [-0.05, 0) is 24.1 Å². The third-order valence-electron chi connectivity index (χ3n) is 3.20. The molecule has 1 aromatic carbocycles. The molecule has 0 atom stereocenters. The average molecular weight is 309 g/mol. The molecule has 114 valence electrons. The number of benzene rings is 1. The Morgan fingerprint density at radius 3 is 2.43 bits per heavy atom. The monoisotopic (exact) mass is 309 g/mol. The Morgan fingerprint density at radius 1 is 1.24 bits per heavy atom. The van der Waals surface area contributed by atoms with Crippen molar-refractivity contribution >= 4 is 10.0 Å². The zero-order chi connectivity index (χ0) is 15.5. The minimum Gasteiger partial charge on any atom is -0.396 e. The maximum absolute atomic E-state index is 12.5. The first-order valence-electron chi connectivity index (χ1n) is 6.57. The number of aliphatic hydroxyl groups excluding tert-OH is 1. The lowest BCUT2D eigenvalue weighted by atomic mass is 10.2. The maximum atomic E-state index is 12.5. The molecular weight excluding hydrogens is 290 g/mol. The molecule has 0 aliphatic rings. The van der Waals surface area contributed by atoms with E-state index in [0.717, 1.165) is 11.1 Å². The number of sulfonamides is 1. The van der Waals surface area contributed by atoms with Crippen LogP contribution in [0, 0.1) is 0 Å². The molecule has 0 aliphatic carbocycles. The Kier molecular flexibility index (Phi) is 4.76. The van der Waals surface area contributed by atoms with Gasteiger partial charge in [-0.3, -0.25) is 4.68 Å². The number of aryl methyl sites for hydroxylation is 1. The van der Waals surface area contributed by atoms with Crippen LogP contribution in [-0.2, 0) is 30.0 Å². The first-order chi connectivity index (χ1) is 9.93. The van der Waals surface area contributed by atoms with Crippen molar-refractivity contribution in [1.82, 2.24) is 14.1 Å². The number of hydrogen-bond donors (Lipinski definition) is 1. The minimum absolute atomic E-state index is 0.0486. The van der Waals surface area contributed by atoms with Gasteiger partial charge in [-0.2, -0.15) is 9.40 Å². The molecule has 0 spiro atoms. The third-order valence-corrected chi connectivity index (χ3v) is 5.01. The van der Waals surface area contributed by atoms with Gasteiger partial charge in [-0.1, -0.05) is 12.1 Å². The lowest BCUT2D eigenvalue weighted by molar-refractivity contribution is 0.299. The molecule has 1 heterocycles. The van der Waals surface area contributed by atoms with Crippen LogP contribution in [0.4, 0.5) is 0 Å². The average Bonchev–Trinajstić information content (AvgIpc) is 2.85. The van der Waals surface area contributed by atoms with Crippen LogP contribution in [-0.4, -0.2) is 41.3 Å². The van der Waals surface area contributed by atoms with E-state index < -0.39 is 10.0 Å². The van der Waals surface area contributed by atoms with Crippen LogP contribution < -0.4 is 0 Å². The van der Waals surface area contributed by atoms with E-state index in [4.69, 9.17) is 5.11 Å². The summed E-state index contributed by atoms with van der Waals surface area (Å²) in [5.41, 5.74) is 1.74. The predicted molar refractivity (Wildman–Crippen MR) is 79.1 cm³/mol. The fourth-order valence-corrected chi connectivity index (χ4v) is 3.19. The molecule has 0 bridgehead atoms. The predicted octanol–water partition coefficient (Wildman–Crippen LogP) is 0.776. The van der Waals surface area contributed by atoms with E-state index in [1.54, 1.807) is 55.4 Å². The summed E-state index contributed by atoms with van der Waals surface area (Å²) in [6.07, 6.45) is 3.96. The van der Waals surface area contributed by atoms with Crippen LogP contribution >= 0.6 is 0 Å². The van der Waals surface area contributed by atoms with E-state index in [-0.39, 0.29) is 18.0 Å². The summed E-state index contributed by atoms with van der Waals surface area (Å²) in [7, 11) is -0.191. The highest BCUT2D eigenvalue weighted by Gasteiger charge is 2.21. The topological polar surface area (TPSA) is 75.4 Å². The summed E-state index contributed by atoms with van der Waals surface area (Å²) < 4.78 is 27.9. The summed E-state index contributed by atoms with van der Waals surface area (Å²) in [5, 5.41) is 12.9. The summed E-state index contributed by atoms with van der Waals surface area (Å²) >= 11 is 0. The van der Waals surface area contributed by atoms with Gasteiger partial charge < -0.3 is 5.11 Å². The van der Waals surface area contributed by atoms with E-state index >= 15 is 0 Å². The number of nitrogens with zero attached hydrogens (tertiary/aromatic N) is 3. The molecular formula is C14H19N3O3S. The fourth-order valence-electron chi connectivity index (χ4n) is 2.03. The van der Waals surface area contributed by atoms with Crippen LogP contribution in [0.1, 0.15) is 11.1 Å². The second kappa shape index (κ2) is 6.38. The highest BCUT2D eigenvalue weighted by Crippen LogP contribution is 2.17. The normalized spacial score (nSPS) is 12.0. The van der Waals surface area contributed by atoms with Gasteiger partial charge in [0.15, 0.2) is 0 Å². The van der Waals surface area contributed by atoms with Gasteiger partial charge in [-0.15, -0.1) is 0 Å². The Labute approximate surface area is 124 Å². The van der Waals surface area contributed by atoms with Crippen LogP contribution in [0.3, 0.4) is 0 Å². The number of rotatable bonds is 6. The SMILES string of the molecule is CN(Cc1cnn(C)c1)S(=O)(=O)c1ccc(CCO)cc1. The highest BCUT2D eigenvalue weighted by molar-refractivity contribution is 7.89. The molecule has 6 nitrogen and oxygen atoms in total.